The number of rotatable bonds is 7. The fraction of sp³-hybridized carbons (Fsp3) is 0.333. The van der Waals surface area contributed by atoms with Gasteiger partial charge in [0.15, 0.2) is 0 Å². The highest BCUT2D eigenvalue weighted by atomic mass is 35.5. The molecule has 7 heteroatoms. The highest BCUT2D eigenvalue weighted by Gasteiger charge is 2.24. The Bertz CT molecular complexity index is 859. The number of hydrogen-bond acceptors (Lipinski definition) is 4. The number of nitrogens with zero attached hydrogens (tertiary/aromatic N) is 2. The van der Waals surface area contributed by atoms with Gasteiger partial charge in [0.25, 0.3) is 0 Å². The Labute approximate surface area is 168 Å². The molecule has 2 aromatic rings. The van der Waals surface area contributed by atoms with Crippen molar-refractivity contribution in [3.05, 3.63) is 58.9 Å². The van der Waals surface area contributed by atoms with Crippen molar-refractivity contribution in [3.63, 3.8) is 0 Å². The molecule has 0 amide bonds. The van der Waals surface area contributed by atoms with Crippen LogP contribution in [0.1, 0.15) is 18.4 Å². The van der Waals surface area contributed by atoms with Crippen molar-refractivity contribution in [3.8, 4) is 11.1 Å². The van der Waals surface area contributed by atoms with E-state index in [-0.39, 0.29) is 5.92 Å². The number of aliphatic carboxylic acids is 1. The van der Waals surface area contributed by atoms with E-state index >= 15 is 0 Å². The van der Waals surface area contributed by atoms with Crippen molar-refractivity contribution in [2.24, 2.45) is 11.1 Å². The molecule has 1 heterocycles. The number of piperidine rings is 1. The molecule has 0 bridgehead atoms. The monoisotopic (exact) mass is 404 g/mol. The molecular weight excluding hydrogens is 383 g/mol. The summed E-state index contributed by atoms with van der Waals surface area (Å²) < 4.78 is 14.2. The van der Waals surface area contributed by atoms with Crippen molar-refractivity contribution in [2.75, 3.05) is 26.2 Å². The van der Waals surface area contributed by atoms with Crippen molar-refractivity contribution in [1.29, 1.82) is 0 Å². The number of hydrogen-bond donors (Lipinski definition) is 1. The fourth-order valence-corrected chi connectivity index (χ4v) is 3.50. The van der Waals surface area contributed by atoms with Crippen LogP contribution < -0.4 is 0 Å². The minimum Gasteiger partial charge on any atom is -0.481 e. The Balaban J connectivity index is 1.57. The Morgan fingerprint density at radius 1 is 1.32 bits per heavy atom. The van der Waals surface area contributed by atoms with Crippen LogP contribution in [0, 0.1) is 11.7 Å². The maximum absolute atomic E-state index is 14.2. The van der Waals surface area contributed by atoms with Gasteiger partial charge < -0.3 is 9.94 Å². The predicted molar refractivity (Wildman–Crippen MR) is 107 cm³/mol. The third-order valence-corrected chi connectivity index (χ3v) is 5.04. The number of halogens is 2. The smallest absolute Gasteiger partial charge is 0.307 e. The van der Waals surface area contributed by atoms with Crippen molar-refractivity contribution in [1.82, 2.24) is 4.90 Å². The van der Waals surface area contributed by atoms with Crippen molar-refractivity contribution < 1.29 is 19.1 Å². The third kappa shape index (κ3) is 5.30. The van der Waals surface area contributed by atoms with E-state index in [1.165, 1.54) is 6.07 Å². The average Bonchev–Trinajstić information content (AvgIpc) is 2.68. The minimum absolute atomic E-state index is 0.307. The molecule has 1 saturated heterocycles. The summed E-state index contributed by atoms with van der Waals surface area (Å²) in [6.07, 6.45) is 3.16. The van der Waals surface area contributed by atoms with Crippen molar-refractivity contribution in [2.45, 2.75) is 12.8 Å². The second-order valence-corrected chi connectivity index (χ2v) is 7.19. The van der Waals surface area contributed by atoms with Crippen LogP contribution in [-0.4, -0.2) is 48.4 Å². The van der Waals surface area contributed by atoms with Gasteiger partial charge in [0, 0.05) is 29.2 Å². The first-order valence-corrected chi connectivity index (χ1v) is 9.57. The van der Waals surface area contributed by atoms with E-state index in [0.717, 1.165) is 24.9 Å². The summed E-state index contributed by atoms with van der Waals surface area (Å²) in [5, 5.41) is 13.5. The average molecular weight is 405 g/mol. The lowest BCUT2D eigenvalue weighted by molar-refractivity contribution is -0.143. The highest BCUT2D eigenvalue weighted by molar-refractivity contribution is 6.30. The zero-order chi connectivity index (χ0) is 19.9. The van der Waals surface area contributed by atoms with Gasteiger partial charge in [-0.2, -0.15) is 0 Å². The summed E-state index contributed by atoms with van der Waals surface area (Å²) in [4.78, 5) is 18.5. The van der Waals surface area contributed by atoms with Crippen molar-refractivity contribution >= 4 is 23.8 Å². The summed E-state index contributed by atoms with van der Waals surface area (Å²) in [5.41, 5.74) is 1.87. The van der Waals surface area contributed by atoms with Gasteiger partial charge >= 0.3 is 5.97 Å². The molecule has 5 nitrogen and oxygen atoms in total. The van der Waals surface area contributed by atoms with E-state index in [2.05, 4.69) is 10.1 Å². The van der Waals surface area contributed by atoms with E-state index < -0.39 is 11.8 Å². The number of benzene rings is 2. The molecule has 1 atom stereocenters. The maximum atomic E-state index is 14.2. The molecule has 0 spiro atoms. The third-order valence-electron chi connectivity index (χ3n) is 4.80. The zero-order valence-corrected chi connectivity index (χ0v) is 16.1. The predicted octanol–water partition coefficient (Wildman–Crippen LogP) is 4.29. The van der Waals surface area contributed by atoms with Crippen LogP contribution in [0.25, 0.3) is 11.1 Å². The van der Waals surface area contributed by atoms with Gasteiger partial charge in [-0.05, 0) is 43.1 Å². The molecule has 3 rings (SSSR count). The number of oxime groups is 1. The maximum Gasteiger partial charge on any atom is 0.307 e. The van der Waals surface area contributed by atoms with Crippen LogP contribution in [0.5, 0.6) is 0 Å². The molecule has 1 unspecified atom stereocenters. The van der Waals surface area contributed by atoms with Crippen LogP contribution in [0.3, 0.4) is 0 Å². The highest BCUT2D eigenvalue weighted by Crippen LogP contribution is 2.27. The molecule has 0 aromatic heterocycles. The van der Waals surface area contributed by atoms with E-state index in [1.807, 2.05) is 24.3 Å². The molecule has 0 saturated carbocycles. The first-order chi connectivity index (χ1) is 13.5. The van der Waals surface area contributed by atoms with E-state index in [1.54, 1.807) is 18.3 Å². The largest absolute Gasteiger partial charge is 0.481 e. The Hall–Kier alpha value is -2.44. The molecule has 1 aliphatic heterocycles. The van der Waals surface area contributed by atoms with Crippen LogP contribution in [-0.2, 0) is 9.63 Å². The Kier molecular flexibility index (Phi) is 7.01. The lowest BCUT2D eigenvalue weighted by Crippen LogP contribution is -2.40. The topological polar surface area (TPSA) is 62.1 Å². The van der Waals surface area contributed by atoms with Crippen LogP contribution >= 0.6 is 11.6 Å². The van der Waals surface area contributed by atoms with Gasteiger partial charge in [-0.1, -0.05) is 41.0 Å². The Morgan fingerprint density at radius 3 is 2.93 bits per heavy atom. The van der Waals surface area contributed by atoms with Gasteiger partial charge in [0.05, 0.1) is 12.1 Å². The van der Waals surface area contributed by atoms with Gasteiger partial charge in [0.1, 0.15) is 12.4 Å². The first-order valence-electron chi connectivity index (χ1n) is 9.19. The summed E-state index contributed by atoms with van der Waals surface area (Å²) in [5.74, 6) is -1.44. The zero-order valence-electron chi connectivity index (χ0n) is 15.4. The van der Waals surface area contributed by atoms with Gasteiger partial charge in [-0.15, -0.1) is 0 Å². The number of carboxylic acids is 1. The quantitative estimate of drug-likeness (QED) is 0.424. The fourth-order valence-electron chi connectivity index (χ4n) is 3.34. The molecular formula is C21H22ClFN2O3. The minimum atomic E-state index is -0.741. The molecule has 0 radical (unpaired) electrons. The summed E-state index contributed by atoms with van der Waals surface area (Å²) in [6.45, 7) is 2.39. The summed E-state index contributed by atoms with van der Waals surface area (Å²) >= 11 is 5.83. The van der Waals surface area contributed by atoms with Gasteiger partial charge in [0.2, 0.25) is 0 Å². The second kappa shape index (κ2) is 9.66. The van der Waals surface area contributed by atoms with E-state index in [4.69, 9.17) is 21.5 Å². The number of carboxylic acid groups (broad SMARTS) is 1. The molecule has 148 valence electrons. The Morgan fingerprint density at radius 2 is 2.14 bits per heavy atom. The number of carbonyl (C=O) groups is 1. The molecule has 1 N–H and O–H groups in total. The molecule has 2 aromatic carbocycles. The van der Waals surface area contributed by atoms with E-state index in [0.29, 0.717) is 35.8 Å². The van der Waals surface area contributed by atoms with Crippen LogP contribution in [0.4, 0.5) is 4.39 Å². The normalized spacial score (nSPS) is 17.7. The lowest BCUT2D eigenvalue weighted by Gasteiger charge is -2.29. The second-order valence-electron chi connectivity index (χ2n) is 6.76. The molecule has 0 aliphatic carbocycles. The van der Waals surface area contributed by atoms with Crippen LogP contribution in [0.15, 0.2) is 47.6 Å². The molecule has 1 fully saturated rings. The van der Waals surface area contributed by atoms with E-state index in [9.17, 15) is 9.18 Å². The lowest BCUT2D eigenvalue weighted by atomic mass is 9.98. The van der Waals surface area contributed by atoms with Gasteiger partial charge in [-0.3, -0.25) is 9.69 Å². The standard InChI is InChI=1S/C21H22ClFN2O3/c22-17-7-8-19(20(23)12-17)18-6-2-1-4-15(18)13-24-28-11-10-25-9-3-5-16(14-25)21(26)27/h1-2,4,6-8,12-13,16H,3,5,9-11,14H2,(H,26,27)/b24-13+. The summed E-state index contributed by atoms with van der Waals surface area (Å²) in [7, 11) is 0. The van der Waals surface area contributed by atoms with Gasteiger partial charge in [-0.25, -0.2) is 4.39 Å². The van der Waals surface area contributed by atoms with Crippen LogP contribution in [0.2, 0.25) is 5.02 Å². The molecule has 1 aliphatic rings. The SMILES string of the molecule is O=C(O)C1CCCN(CCO/N=C/c2ccccc2-c2ccc(Cl)cc2F)C1. The first kappa shape index (κ1) is 20.3. The number of likely N-dealkylation sites (tertiary alicyclic amines) is 1. The molecule has 28 heavy (non-hydrogen) atoms. The summed E-state index contributed by atoms with van der Waals surface area (Å²) in [6, 6.07) is 11.9.